The Morgan fingerprint density at radius 1 is 0.791 bits per heavy atom. The van der Waals surface area contributed by atoms with Gasteiger partial charge in [-0.1, -0.05) is 66.7 Å². The zero-order chi connectivity index (χ0) is 30.2. The van der Waals surface area contributed by atoms with Crippen LogP contribution < -0.4 is 5.43 Å². The van der Waals surface area contributed by atoms with Gasteiger partial charge in [-0.3, -0.25) is 14.6 Å². The molecule has 43 heavy (non-hydrogen) atoms. The number of fused-ring (bicyclic) bond motifs is 2. The first kappa shape index (κ1) is 28.2. The van der Waals surface area contributed by atoms with Gasteiger partial charge in [0, 0.05) is 23.3 Å². The van der Waals surface area contributed by atoms with Gasteiger partial charge < -0.3 is 20.3 Å². The lowest BCUT2D eigenvalue weighted by Gasteiger charge is -2.07. The van der Waals surface area contributed by atoms with Crippen LogP contribution in [0.3, 0.4) is 0 Å². The van der Waals surface area contributed by atoms with Crippen LogP contribution >= 0.6 is 0 Å². The summed E-state index contributed by atoms with van der Waals surface area (Å²) in [5.41, 5.74) is 4.34. The molecule has 0 bridgehead atoms. The minimum atomic E-state index is -0.683. The van der Waals surface area contributed by atoms with Crippen molar-refractivity contribution in [2.75, 3.05) is 0 Å². The summed E-state index contributed by atoms with van der Waals surface area (Å²) in [6, 6.07) is 27.4. The van der Waals surface area contributed by atoms with Crippen molar-refractivity contribution in [3.63, 3.8) is 0 Å². The Labute approximate surface area is 244 Å². The van der Waals surface area contributed by atoms with Gasteiger partial charge in [0.05, 0.1) is 22.9 Å². The molecule has 2 aromatic heterocycles. The number of nitrogens with zero attached hydrogens (tertiary/aromatic N) is 4. The number of hydrogen-bond acceptors (Lipinski definition) is 8. The van der Waals surface area contributed by atoms with Crippen LogP contribution in [0.4, 0.5) is 5.69 Å². The Morgan fingerprint density at radius 3 is 2.33 bits per heavy atom. The Kier molecular flexibility index (Phi) is 8.44. The Balaban J connectivity index is 0.000000171. The van der Waals surface area contributed by atoms with Gasteiger partial charge in [-0.2, -0.15) is 5.10 Å². The van der Waals surface area contributed by atoms with Crippen LogP contribution in [0.2, 0.25) is 0 Å². The van der Waals surface area contributed by atoms with Gasteiger partial charge in [-0.15, -0.1) is 10.2 Å². The van der Waals surface area contributed by atoms with Crippen molar-refractivity contribution in [2.24, 2.45) is 15.3 Å². The third kappa shape index (κ3) is 6.52. The third-order valence-corrected chi connectivity index (χ3v) is 6.23. The number of nitrogens with one attached hydrogen (secondary N) is 2. The van der Waals surface area contributed by atoms with Crippen LogP contribution in [0.25, 0.3) is 21.7 Å². The lowest BCUT2D eigenvalue weighted by molar-refractivity contribution is 0.0952. The summed E-state index contributed by atoms with van der Waals surface area (Å²) < 4.78 is 0. The fourth-order valence-electron chi connectivity index (χ4n) is 4.19. The Hall–Kier alpha value is -6.36. The van der Waals surface area contributed by atoms with Crippen LogP contribution in [0.15, 0.2) is 125 Å². The molecule has 0 aliphatic heterocycles. The highest BCUT2D eigenvalue weighted by Crippen LogP contribution is 2.35. The normalized spacial score (nSPS) is 11.1. The molecule has 11 heteroatoms. The number of phenols is 2. The smallest absolute Gasteiger partial charge is 0.299 e. The summed E-state index contributed by atoms with van der Waals surface area (Å²) in [6.07, 6.45) is 4.78. The number of hydrazone groups is 1. The number of carbonyl (C=O) groups excluding carboxylic acids is 2. The summed E-state index contributed by atoms with van der Waals surface area (Å²) in [5, 5.41) is 42.8. The third-order valence-electron chi connectivity index (χ3n) is 6.23. The van der Waals surface area contributed by atoms with E-state index >= 15 is 0 Å². The Morgan fingerprint density at radius 2 is 1.53 bits per heavy atom. The quantitative estimate of drug-likeness (QED) is 0.0933. The van der Waals surface area contributed by atoms with Gasteiger partial charge in [0.2, 0.25) is 5.88 Å². The maximum Gasteiger partial charge on any atom is 0.299 e. The second-order valence-corrected chi connectivity index (χ2v) is 9.06. The molecule has 0 spiro atoms. The number of azo groups is 1. The van der Waals surface area contributed by atoms with Crippen molar-refractivity contribution < 1.29 is 24.9 Å². The van der Waals surface area contributed by atoms with E-state index in [-0.39, 0.29) is 34.2 Å². The number of aromatic hydroxyl groups is 3. The molecule has 0 fully saturated rings. The van der Waals surface area contributed by atoms with E-state index in [2.05, 4.69) is 30.7 Å². The monoisotopic (exact) mass is 572 g/mol. The molecule has 0 atom stereocenters. The van der Waals surface area contributed by atoms with Gasteiger partial charge in [0.15, 0.2) is 5.69 Å². The molecule has 6 aromatic rings. The van der Waals surface area contributed by atoms with E-state index in [4.69, 9.17) is 0 Å². The average Bonchev–Trinajstić information content (AvgIpc) is 3.35. The lowest BCUT2D eigenvalue weighted by Crippen LogP contribution is -2.18. The predicted octanol–water partition coefficient (Wildman–Crippen LogP) is 6.21. The number of phenolic OH excluding ortho intramolecular Hbond substituents is 2. The highest BCUT2D eigenvalue weighted by Gasteiger charge is 2.15. The van der Waals surface area contributed by atoms with Gasteiger partial charge in [-0.05, 0) is 41.1 Å². The second-order valence-electron chi connectivity index (χ2n) is 9.06. The lowest BCUT2D eigenvalue weighted by atomic mass is 10.0. The number of rotatable bonds is 5. The molecular formula is C32H24N6O5. The molecule has 2 amide bonds. The number of benzene rings is 4. The summed E-state index contributed by atoms with van der Waals surface area (Å²) in [7, 11) is 0. The van der Waals surface area contributed by atoms with Crippen molar-refractivity contribution >= 4 is 45.4 Å². The molecule has 11 nitrogen and oxygen atoms in total. The fourth-order valence-corrected chi connectivity index (χ4v) is 4.19. The number of amides is 2. The number of aromatic nitrogens is 2. The second kappa shape index (κ2) is 12.9. The topological polar surface area (TPSA) is 173 Å². The fraction of sp³-hybridized carbons (Fsp3) is 0. The molecule has 0 saturated heterocycles. The van der Waals surface area contributed by atoms with Crippen LogP contribution in [-0.4, -0.2) is 43.3 Å². The standard InChI is InChI=1S/C17H13N3O2.C15H11N3O3/c21-15-8-7-13-5-1-2-6-14(13)16(15)17(22)20-19-11-12-4-3-9-18-10-12;19-12-8-4-2-6-10(12)14(20)18-17-13-9-5-1-3-7-11(9)16-15(13)21/h1-11,21H,(H,20,22);1-8,16,19,21H/b19-11+;. The number of carbonyl (C=O) groups is 2. The van der Waals surface area contributed by atoms with Crippen molar-refractivity contribution in [3.8, 4) is 17.4 Å². The van der Waals surface area contributed by atoms with E-state index in [1.165, 1.54) is 24.4 Å². The number of pyridine rings is 1. The van der Waals surface area contributed by atoms with E-state index < -0.39 is 11.8 Å². The van der Waals surface area contributed by atoms with Gasteiger partial charge in [0.25, 0.3) is 11.8 Å². The minimum absolute atomic E-state index is 0.0561. The predicted molar refractivity (Wildman–Crippen MR) is 162 cm³/mol. The molecule has 212 valence electrons. The first-order valence-electron chi connectivity index (χ1n) is 12.9. The maximum atomic E-state index is 12.3. The van der Waals surface area contributed by atoms with Crippen molar-refractivity contribution in [1.29, 1.82) is 0 Å². The molecule has 0 unspecified atom stereocenters. The van der Waals surface area contributed by atoms with Gasteiger partial charge in [-0.25, -0.2) is 5.43 Å². The zero-order valence-corrected chi connectivity index (χ0v) is 22.4. The van der Waals surface area contributed by atoms with Crippen LogP contribution in [0.5, 0.6) is 17.4 Å². The number of para-hydroxylation sites is 2. The molecular weight excluding hydrogens is 548 g/mol. The maximum absolute atomic E-state index is 12.3. The van der Waals surface area contributed by atoms with E-state index in [1.54, 1.807) is 60.9 Å². The van der Waals surface area contributed by atoms with Crippen molar-refractivity contribution in [1.82, 2.24) is 15.4 Å². The van der Waals surface area contributed by atoms with E-state index in [9.17, 15) is 24.9 Å². The van der Waals surface area contributed by atoms with E-state index in [1.807, 2.05) is 30.3 Å². The summed E-state index contributed by atoms with van der Waals surface area (Å²) in [4.78, 5) is 30.9. The first-order valence-corrected chi connectivity index (χ1v) is 12.9. The summed E-state index contributed by atoms with van der Waals surface area (Å²) in [5.74, 6) is -1.55. The number of hydrogen-bond donors (Lipinski definition) is 5. The summed E-state index contributed by atoms with van der Waals surface area (Å²) >= 11 is 0. The molecule has 0 aliphatic rings. The molecule has 0 saturated carbocycles. The molecule has 0 radical (unpaired) electrons. The van der Waals surface area contributed by atoms with Crippen molar-refractivity contribution in [3.05, 3.63) is 126 Å². The van der Waals surface area contributed by atoms with Crippen LogP contribution in [0, 0.1) is 0 Å². The van der Waals surface area contributed by atoms with Crippen molar-refractivity contribution in [2.45, 2.75) is 0 Å². The molecule has 4 aromatic carbocycles. The highest BCUT2D eigenvalue weighted by atomic mass is 16.3. The van der Waals surface area contributed by atoms with E-state index in [0.29, 0.717) is 16.3 Å². The molecule has 2 heterocycles. The average molecular weight is 573 g/mol. The Bertz CT molecular complexity index is 1990. The SMILES string of the molecule is O=C(N/N=C/c1cccnc1)c1c(O)ccc2ccccc12.O=C(N=Nc1c(O)[nH]c2ccccc12)c1ccccc1O. The molecule has 0 aliphatic carbocycles. The largest absolute Gasteiger partial charge is 0.507 e. The minimum Gasteiger partial charge on any atom is -0.507 e. The summed E-state index contributed by atoms with van der Waals surface area (Å²) in [6.45, 7) is 0. The van der Waals surface area contributed by atoms with Gasteiger partial charge in [0.1, 0.15) is 11.5 Å². The van der Waals surface area contributed by atoms with Crippen LogP contribution in [-0.2, 0) is 0 Å². The van der Waals surface area contributed by atoms with Gasteiger partial charge >= 0.3 is 0 Å². The molecule has 6 rings (SSSR count). The van der Waals surface area contributed by atoms with E-state index in [0.717, 1.165) is 10.9 Å². The number of aromatic amines is 1. The highest BCUT2D eigenvalue weighted by molar-refractivity contribution is 6.09. The number of H-pyrrole nitrogens is 1. The zero-order valence-electron chi connectivity index (χ0n) is 22.4. The molecule has 5 N–H and O–H groups in total. The van der Waals surface area contributed by atoms with Crippen LogP contribution in [0.1, 0.15) is 26.3 Å². The first-order chi connectivity index (χ1) is 20.9.